The van der Waals surface area contributed by atoms with Crippen LogP contribution >= 0.6 is 11.8 Å². The van der Waals surface area contributed by atoms with E-state index >= 15 is 0 Å². The summed E-state index contributed by atoms with van der Waals surface area (Å²) in [6.45, 7) is 0.422. The second kappa shape index (κ2) is 8.53. The molecule has 3 nitrogen and oxygen atoms in total. The van der Waals surface area contributed by atoms with Gasteiger partial charge in [-0.3, -0.25) is 4.79 Å². The number of nitrogens with one attached hydrogen (secondary N) is 1. The topological polar surface area (TPSA) is 38.3 Å². The maximum atomic E-state index is 13.5. The zero-order chi connectivity index (χ0) is 16.7. The highest BCUT2D eigenvalue weighted by Crippen LogP contribution is 2.18. The summed E-state index contributed by atoms with van der Waals surface area (Å²) < 4.78 is 31.8. The molecule has 122 valence electrons. The molecule has 0 radical (unpaired) electrons. The molecule has 6 heteroatoms. The van der Waals surface area contributed by atoms with Crippen molar-refractivity contribution in [3.05, 3.63) is 65.2 Å². The van der Waals surface area contributed by atoms with Gasteiger partial charge in [0.1, 0.15) is 5.82 Å². The fourth-order valence-electron chi connectivity index (χ4n) is 1.94. The minimum absolute atomic E-state index is 0.0991. The van der Waals surface area contributed by atoms with Crippen molar-refractivity contribution in [2.45, 2.75) is 5.75 Å². The molecule has 0 aromatic heterocycles. The normalized spacial score (nSPS) is 10.4. The fourth-order valence-corrected chi connectivity index (χ4v) is 2.79. The molecule has 0 aliphatic carbocycles. The Kier molecular flexibility index (Phi) is 6.40. The Morgan fingerprint density at radius 1 is 1.17 bits per heavy atom. The van der Waals surface area contributed by atoms with Crippen LogP contribution in [0, 0.1) is 11.6 Å². The summed E-state index contributed by atoms with van der Waals surface area (Å²) in [5, 5.41) is 2.70. The van der Waals surface area contributed by atoms with Crippen LogP contribution in [0.1, 0.15) is 15.9 Å². The van der Waals surface area contributed by atoms with Gasteiger partial charge in [0, 0.05) is 23.6 Å². The number of hydrogen-bond donors (Lipinski definition) is 1. The number of hydrogen-bond acceptors (Lipinski definition) is 3. The summed E-state index contributed by atoms with van der Waals surface area (Å²) in [6, 6.07) is 10.7. The molecule has 2 rings (SSSR count). The number of benzene rings is 2. The first-order valence-corrected chi connectivity index (χ1v) is 8.20. The van der Waals surface area contributed by atoms with Crippen molar-refractivity contribution in [1.82, 2.24) is 5.32 Å². The van der Waals surface area contributed by atoms with Gasteiger partial charge in [0.05, 0.1) is 7.11 Å². The second-order valence-electron chi connectivity index (χ2n) is 4.75. The van der Waals surface area contributed by atoms with Crippen molar-refractivity contribution < 1.29 is 18.3 Å². The van der Waals surface area contributed by atoms with Gasteiger partial charge in [0.15, 0.2) is 11.6 Å². The summed E-state index contributed by atoms with van der Waals surface area (Å²) in [6.07, 6.45) is 0. The third-order valence-corrected chi connectivity index (χ3v) is 4.17. The van der Waals surface area contributed by atoms with Crippen molar-refractivity contribution in [2.24, 2.45) is 0 Å². The SMILES string of the molecule is COc1ccc(C(=O)NCCSCc2ccccc2F)cc1F. The maximum Gasteiger partial charge on any atom is 0.251 e. The quantitative estimate of drug-likeness (QED) is 0.784. The van der Waals surface area contributed by atoms with E-state index < -0.39 is 5.82 Å². The zero-order valence-electron chi connectivity index (χ0n) is 12.6. The molecule has 0 atom stereocenters. The molecular formula is C17H17F2NO2S. The van der Waals surface area contributed by atoms with Crippen LogP contribution in [0.4, 0.5) is 8.78 Å². The number of rotatable bonds is 7. The molecular weight excluding hydrogens is 320 g/mol. The molecule has 0 unspecified atom stereocenters. The lowest BCUT2D eigenvalue weighted by Crippen LogP contribution is -2.25. The van der Waals surface area contributed by atoms with Crippen LogP contribution in [0.2, 0.25) is 0 Å². The third-order valence-electron chi connectivity index (χ3n) is 3.16. The van der Waals surface area contributed by atoms with Crippen LogP contribution in [0.15, 0.2) is 42.5 Å². The van der Waals surface area contributed by atoms with Gasteiger partial charge >= 0.3 is 0 Å². The average Bonchev–Trinajstić information content (AvgIpc) is 2.56. The summed E-state index contributed by atoms with van der Waals surface area (Å²) in [5.74, 6) is 0.130. The summed E-state index contributed by atoms with van der Waals surface area (Å²) in [7, 11) is 1.37. The lowest BCUT2D eigenvalue weighted by molar-refractivity contribution is 0.0955. The van der Waals surface area contributed by atoms with Crippen molar-refractivity contribution in [3.8, 4) is 5.75 Å². The zero-order valence-corrected chi connectivity index (χ0v) is 13.5. The Bertz CT molecular complexity index is 679. The Morgan fingerprint density at radius 2 is 1.96 bits per heavy atom. The van der Waals surface area contributed by atoms with Gasteiger partial charge in [-0.05, 0) is 29.8 Å². The van der Waals surface area contributed by atoms with E-state index in [4.69, 9.17) is 4.74 Å². The largest absolute Gasteiger partial charge is 0.494 e. The Balaban J connectivity index is 1.75. The van der Waals surface area contributed by atoms with Gasteiger partial charge in [-0.15, -0.1) is 0 Å². The third kappa shape index (κ3) is 4.96. The molecule has 0 aliphatic rings. The predicted octanol–water partition coefficient (Wildman–Crippen LogP) is 3.64. The van der Waals surface area contributed by atoms with Crippen LogP contribution < -0.4 is 10.1 Å². The molecule has 0 bridgehead atoms. The van der Waals surface area contributed by atoms with E-state index in [0.717, 1.165) is 6.07 Å². The molecule has 23 heavy (non-hydrogen) atoms. The highest BCUT2D eigenvalue weighted by atomic mass is 32.2. The fraction of sp³-hybridized carbons (Fsp3) is 0.235. The van der Waals surface area contributed by atoms with Gasteiger partial charge in [-0.2, -0.15) is 11.8 Å². The number of thioether (sulfide) groups is 1. The van der Waals surface area contributed by atoms with Crippen molar-refractivity contribution >= 4 is 17.7 Å². The summed E-state index contributed by atoms with van der Waals surface area (Å²) in [5.41, 5.74) is 0.878. The maximum absolute atomic E-state index is 13.5. The van der Waals surface area contributed by atoms with Crippen LogP contribution in [0.5, 0.6) is 5.75 Å². The van der Waals surface area contributed by atoms with Gasteiger partial charge in [0.25, 0.3) is 5.91 Å². The van der Waals surface area contributed by atoms with E-state index in [1.807, 2.05) is 0 Å². The van der Waals surface area contributed by atoms with Crippen molar-refractivity contribution in [3.63, 3.8) is 0 Å². The minimum atomic E-state index is -0.575. The van der Waals surface area contributed by atoms with E-state index in [1.54, 1.807) is 18.2 Å². The van der Waals surface area contributed by atoms with E-state index in [-0.39, 0.29) is 23.0 Å². The Morgan fingerprint density at radius 3 is 2.65 bits per heavy atom. The molecule has 1 amide bonds. The van der Waals surface area contributed by atoms with Gasteiger partial charge < -0.3 is 10.1 Å². The van der Waals surface area contributed by atoms with Gasteiger partial charge in [-0.25, -0.2) is 8.78 Å². The van der Waals surface area contributed by atoms with E-state index in [2.05, 4.69) is 5.32 Å². The molecule has 0 aliphatic heterocycles. The lowest BCUT2D eigenvalue weighted by atomic mass is 10.2. The monoisotopic (exact) mass is 337 g/mol. The second-order valence-corrected chi connectivity index (χ2v) is 5.85. The molecule has 0 saturated carbocycles. The highest BCUT2D eigenvalue weighted by molar-refractivity contribution is 7.98. The van der Waals surface area contributed by atoms with Crippen molar-refractivity contribution in [1.29, 1.82) is 0 Å². The molecule has 2 aromatic rings. The first-order chi connectivity index (χ1) is 11.1. The highest BCUT2D eigenvalue weighted by Gasteiger charge is 2.09. The summed E-state index contributed by atoms with van der Waals surface area (Å²) >= 11 is 1.52. The van der Waals surface area contributed by atoms with Crippen LogP contribution in [-0.2, 0) is 5.75 Å². The van der Waals surface area contributed by atoms with E-state index in [0.29, 0.717) is 23.6 Å². The molecule has 0 saturated heterocycles. The van der Waals surface area contributed by atoms with Crippen LogP contribution in [0.3, 0.4) is 0 Å². The lowest BCUT2D eigenvalue weighted by Gasteiger charge is -2.07. The number of carbonyl (C=O) groups is 1. The van der Waals surface area contributed by atoms with Gasteiger partial charge in [0.2, 0.25) is 0 Å². The first kappa shape index (κ1) is 17.3. The van der Waals surface area contributed by atoms with Crippen LogP contribution in [-0.4, -0.2) is 25.3 Å². The number of amides is 1. The Hall–Kier alpha value is -2.08. The number of carbonyl (C=O) groups excluding carboxylic acids is 1. The standard InChI is InChI=1S/C17H17F2NO2S/c1-22-16-7-6-12(10-15(16)19)17(21)20-8-9-23-11-13-4-2-3-5-14(13)18/h2-7,10H,8-9,11H2,1H3,(H,20,21). The first-order valence-electron chi connectivity index (χ1n) is 7.04. The molecule has 0 heterocycles. The number of methoxy groups -OCH3 is 1. The Labute approximate surface area is 138 Å². The van der Waals surface area contributed by atoms with Crippen LogP contribution in [0.25, 0.3) is 0 Å². The molecule has 0 spiro atoms. The molecule has 1 N–H and O–H groups in total. The smallest absolute Gasteiger partial charge is 0.251 e. The van der Waals surface area contributed by atoms with E-state index in [9.17, 15) is 13.6 Å². The predicted molar refractivity (Wildman–Crippen MR) is 87.8 cm³/mol. The van der Waals surface area contributed by atoms with Gasteiger partial charge in [-0.1, -0.05) is 18.2 Å². The van der Waals surface area contributed by atoms with E-state index in [1.165, 1.54) is 37.1 Å². The number of ether oxygens (including phenoxy) is 1. The number of halogens is 2. The summed E-state index contributed by atoms with van der Waals surface area (Å²) in [4.78, 5) is 11.9. The molecule has 0 fully saturated rings. The average molecular weight is 337 g/mol. The minimum Gasteiger partial charge on any atom is -0.494 e. The van der Waals surface area contributed by atoms with Crippen molar-refractivity contribution in [2.75, 3.05) is 19.4 Å². The molecule has 2 aromatic carbocycles.